The lowest BCUT2D eigenvalue weighted by Gasteiger charge is -2.51. The molecule has 1 saturated heterocycles. The summed E-state index contributed by atoms with van der Waals surface area (Å²) in [5.41, 5.74) is 0.963. The molecule has 1 aliphatic heterocycles. The second-order valence-corrected chi connectivity index (χ2v) is 11.3. The first kappa shape index (κ1) is 21.5. The number of nitro groups is 1. The molecule has 4 rings (SSSR count). The predicted octanol–water partition coefficient (Wildman–Crippen LogP) is 4.39. The van der Waals surface area contributed by atoms with Gasteiger partial charge in [0.2, 0.25) is 0 Å². The number of nitrogens with one attached hydrogen (secondary N) is 1. The minimum atomic E-state index is -0.511. The number of anilines is 1. The zero-order chi connectivity index (χ0) is 21.3. The van der Waals surface area contributed by atoms with E-state index >= 15 is 0 Å². The highest BCUT2D eigenvalue weighted by atomic mass is 32.2. The Morgan fingerprint density at radius 3 is 2.53 bits per heavy atom. The maximum atomic E-state index is 12.7. The molecule has 30 heavy (non-hydrogen) atoms. The number of hydrogen-bond acceptors (Lipinski definition) is 7. The smallest absolute Gasteiger partial charge is 0.309 e. The number of carbonyl (C=O) groups is 2. The quantitative estimate of drug-likeness (QED) is 0.403. The summed E-state index contributed by atoms with van der Waals surface area (Å²) in [6, 6.07) is 4.28. The molecule has 2 saturated carbocycles. The molecule has 1 aromatic carbocycles. The molecule has 3 aliphatic rings. The summed E-state index contributed by atoms with van der Waals surface area (Å²) in [5.74, 6) is 2.57. The molecule has 1 aromatic rings. The van der Waals surface area contributed by atoms with Crippen LogP contribution in [0, 0.1) is 34.8 Å². The number of nitro benzene ring substituents is 1. The first-order valence-corrected chi connectivity index (χ1v) is 12.4. The minimum Gasteiger partial charge on any atom is -0.455 e. The standard InChI is InChI=1S/C21H26N2O5S2/c1-13-5-6-17(23(26)27)11-18(13)22-19(24)12-28-20(25)14-9-15-3-2-4-16(10-14)21(15)29-7-8-30-21/h5-6,11,14-16H,2-4,7-10,12H2,1H3,(H,22,24). The van der Waals surface area contributed by atoms with E-state index in [1.54, 1.807) is 13.0 Å². The number of benzene rings is 1. The topological polar surface area (TPSA) is 98.5 Å². The number of amides is 1. The molecule has 0 radical (unpaired) electrons. The van der Waals surface area contributed by atoms with Gasteiger partial charge in [-0.1, -0.05) is 12.5 Å². The Kier molecular flexibility index (Phi) is 6.29. The van der Waals surface area contributed by atoms with Crippen LogP contribution < -0.4 is 5.32 Å². The van der Waals surface area contributed by atoms with E-state index in [9.17, 15) is 19.7 Å². The minimum absolute atomic E-state index is 0.0989. The zero-order valence-electron chi connectivity index (χ0n) is 16.9. The molecule has 162 valence electrons. The van der Waals surface area contributed by atoms with Crippen molar-refractivity contribution < 1.29 is 19.2 Å². The maximum absolute atomic E-state index is 12.7. The lowest BCUT2D eigenvalue weighted by Crippen LogP contribution is -2.48. The molecule has 2 bridgehead atoms. The van der Waals surface area contributed by atoms with Gasteiger partial charge >= 0.3 is 5.97 Å². The molecule has 7 nitrogen and oxygen atoms in total. The van der Waals surface area contributed by atoms with E-state index in [0.717, 1.165) is 12.8 Å². The lowest BCUT2D eigenvalue weighted by molar-refractivity contribution is -0.384. The Labute approximate surface area is 184 Å². The molecule has 1 N–H and O–H groups in total. The molecule has 2 atom stereocenters. The third-order valence-electron chi connectivity index (χ3n) is 6.50. The van der Waals surface area contributed by atoms with Gasteiger partial charge in [0.1, 0.15) is 0 Å². The van der Waals surface area contributed by atoms with Gasteiger partial charge in [-0.25, -0.2) is 0 Å². The van der Waals surface area contributed by atoms with Crippen molar-refractivity contribution in [3.8, 4) is 0 Å². The number of ether oxygens (including phenoxy) is 1. The van der Waals surface area contributed by atoms with Crippen molar-refractivity contribution in [1.29, 1.82) is 0 Å². The second kappa shape index (κ2) is 8.78. The van der Waals surface area contributed by atoms with Crippen LogP contribution in [0.2, 0.25) is 0 Å². The number of carbonyl (C=O) groups excluding carboxylic acids is 2. The van der Waals surface area contributed by atoms with E-state index in [0.29, 0.717) is 27.2 Å². The van der Waals surface area contributed by atoms with Gasteiger partial charge < -0.3 is 10.1 Å². The van der Waals surface area contributed by atoms with E-state index in [2.05, 4.69) is 28.8 Å². The summed E-state index contributed by atoms with van der Waals surface area (Å²) in [6.45, 7) is 1.38. The van der Waals surface area contributed by atoms with Crippen molar-refractivity contribution in [2.45, 2.75) is 43.1 Å². The molecule has 1 spiro atoms. The molecule has 3 fully saturated rings. The zero-order valence-corrected chi connectivity index (χ0v) is 18.6. The molecule has 9 heteroatoms. The molecule has 2 unspecified atom stereocenters. The number of thioether (sulfide) groups is 2. The van der Waals surface area contributed by atoms with Crippen LogP contribution in [0.1, 0.15) is 37.7 Å². The van der Waals surface area contributed by atoms with E-state index in [-0.39, 0.29) is 24.2 Å². The monoisotopic (exact) mass is 450 g/mol. The van der Waals surface area contributed by atoms with Crippen molar-refractivity contribution in [3.63, 3.8) is 0 Å². The fourth-order valence-electron chi connectivity index (χ4n) is 5.10. The predicted molar refractivity (Wildman–Crippen MR) is 119 cm³/mol. The summed E-state index contributed by atoms with van der Waals surface area (Å²) < 4.78 is 5.65. The van der Waals surface area contributed by atoms with Crippen LogP contribution in [-0.2, 0) is 14.3 Å². The van der Waals surface area contributed by atoms with Crippen LogP contribution in [0.3, 0.4) is 0 Å². The largest absolute Gasteiger partial charge is 0.455 e. The van der Waals surface area contributed by atoms with Crippen molar-refractivity contribution in [2.24, 2.45) is 17.8 Å². The van der Waals surface area contributed by atoms with Crippen LogP contribution in [0.5, 0.6) is 0 Å². The van der Waals surface area contributed by atoms with Crippen LogP contribution in [0.15, 0.2) is 18.2 Å². The summed E-state index contributed by atoms with van der Waals surface area (Å²) in [4.78, 5) is 35.4. The van der Waals surface area contributed by atoms with Gasteiger partial charge in [-0.3, -0.25) is 19.7 Å². The number of aryl methyl sites for hydroxylation is 1. The highest BCUT2D eigenvalue weighted by Crippen LogP contribution is 2.64. The number of rotatable bonds is 5. The normalized spacial score (nSPS) is 26.9. The van der Waals surface area contributed by atoms with Crippen molar-refractivity contribution in [2.75, 3.05) is 23.4 Å². The summed E-state index contributed by atoms with van der Waals surface area (Å²) in [7, 11) is 0. The highest BCUT2D eigenvalue weighted by Gasteiger charge is 2.55. The Morgan fingerprint density at radius 1 is 1.23 bits per heavy atom. The van der Waals surface area contributed by atoms with E-state index in [1.165, 1.54) is 42.9 Å². The van der Waals surface area contributed by atoms with Gasteiger partial charge in [-0.2, -0.15) is 0 Å². The third kappa shape index (κ3) is 4.19. The Hall–Kier alpha value is -1.74. The Balaban J connectivity index is 1.32. The van der Waals surface area contributed by atoms with Crippen molar-refractivity contribution >= 4 is 46.8 Å². The maximum Gasteiger partial charge on any atom is 0.309 e. The molecule has 1 amide bonds. The Morgan fingerprint density at radius 2 is 1.90 bits per heavy atom. The number of hydrogen-bond donors (Lipinski definition) is 1. The van der Waals surface area contributed by atoms with E-state index < -0.39 is 10.8 Å². The highest BCUT2D eigenvalue weighted by molar-refractivity contribution is 8.21. The van der Waals surface area contributed by atoms with Crippen LogP contribution in [0.4, 0.5) is 11.4 Å². The van der Waals surface area contributed by atoms with Crippen LogP contribution >= 0.6 is 23.5 Å². The fraction of sp³-hybridized carbons (Fsp3) is 0.619. The molecular weight excluding hydrogens is 424 g/mol. The summed E-state index contributed by atoms with van der Waals surface area (Å²) >= 11 is 4.19. The summed E-state index contributed by atoms with van der Waals surface area (Å²) in [5, 5.41) is 13.6. The van der Waals surface area contributed by atoms with Crippen molar-refractivity contribution in [1.82, 2.24) is 0 Å². The lowest BCUT2D eigenvalue weighted by atomic mass is 9.67. The average Bonchev–Trinajstić information content (AvgIpc) is 3.17. The molecule has 2 aliphatic carbocycles. The van der Waals surface area contributed by atoms with E-state index in [1.807, 2.05) is 0 Å². The van der Waals surface area contributed by atoms with Gasteiger partial charge in [-0.05, 0) is 50.0 Å². The molecule has 1 heterocycles. The molecular formula is C21H26N2O5S2. The first-order valence-electron chi connectivity index (χ1n) is 10.4. The number of nitrogens with zero attached hydrogens (tertiary/aromatic N) is 1. The van der Waals surface area contributed by atoms with Crippen LogP contribution in [-0.4, -0.2) is 39.0 Å². The van der Waals surface area contributed by atoms with Gasteiger partial charge in [0.15, 0.2) is 6.61 Å². The van der Waals surface area contributed by atoms with Gasteiger partial charge in [0.25, 0.3) is 11.6 Å². The summed E-state index contributed by atoms with van der Waals surface area (Å²) in [6.07, 6.45) is 5.28. The van der Waals surface area contributed by atoms with Crippen molar-refractivity contribution in [3.05, 3.63) is 33.9 Å². The average molecular weight is 451 g/mol. The fourth-order valence-corrected chi connectivity index (χ4v) is 9.04. The number of esters is 1. The van der Waals surface area contributed by atoms with Gasteiger partial charge in [0, 0.05) is 23.6 Å². The van der Waals surface area contributed by atoms with Gasteiger partial charge in [-0.15, -0.1) is 23.5 Å². The van der Waals surface area contributed by atoms with Gasteiger partial charge in [0.05, 0.1) is 20.6 Å². The number of non-ortho nitro benzene ring substituents is 1. The first-order chi connectivity index (χ1) is 14.4. The van der Waals surface area contributed by atoms with Crippen LogP contribution in [0.25, 0.3) is 0 Å². The third-order valence-corrected chi connectivity index (χ3v) is 10.5. The Bertz CT molecular complexity index is 840. The second-order valence-electron chi connectivity index (χ2n) is 8.32. The van der Waals surface area contributed by atoms with E-state index in [4.69, 9.17) is 4.74 Å². The SMILES string of the molecule is Cc1ccc([N+](=O)[O-])cc1NC(=O)COC(=O)C1CC2CCCC(C1)C21SCCS1. The molecule has 0 aromatic heterocycles.